The van der Waals surface area contributed by atoms with Gasteiger partial charge < -0.3 is 10.4 Å². The molecule has 0 spiro atoms. The zero-order valence-electron chi connectivity index (χ0n) is 10.2. The predicted octanol–water partition coefficient (Wildman–Crippen LogP) is 5.38. The number of aryl methyl sites for hydroxylation is 1. The molecule has 0 aliphatic carbocycles. The molecular weight excluding hydrogens is 349 g/mol. The molecule has 0 atom stereocenters. The van der Waals surface area contributed by atoms with E-state index < -0.39 is 0 Å². The van der Waals surface area contributed by atoms with E-state index in [1.54, 1.807) is 6.07 Å². The fourth-order valence-electron chi connectivity index (χ4n) is 1.71. The van der Waals surface area contributed by atoms with Crippen LogP contribution in [0.2, 0.25) is 10.0 Å². The Kier molecular flexibility index (Phi) is 4.61. The molecule has 0 amide bonds. The third-order valence-corrected chi connectivity index (χ3v) is 4.51. The highest BCUT2D eigenvalue weighted by molar-refractivity contribution is 9.10. The number of benzene rings is 2. The normalized spacial score (nSPS) is 10.5. The lowest BCUT2D eigenvalue weighted by Crippen LogP contribution is -2.01. The summed E-state index contributed by atoms with van der Waals surface area (Å²) < 4.78 is 0.753. The molecule has 0 heterocycles. The topological polar surface area (TPSA) is 32.3 Å². The van der Waals surface area contributed by atoms with E-state index in [0.717, 1.165) is 21.3 Å². The number of phenols is 1. The van der Waals surface area contributed by atoms with Crippen molar-refractivity contribution in [1.82, 2.24) is 0 Å². The molecule has 100 valence electrons. The third-order valence-electron chi connectivity index (χ3n) is 2.74. The number of hydrogen-bond acceptors (Lipinski definition) is 2. The molecule has 2 nitrogen and oxygen atoms in total. The lowest BCUT2D eigenvalue weighted by atomic mass is 10.1. The molecule has 0 aliphatic heterocycles. The number of aromatic hydroxyl groups is 1. The number of anilines is 1. The maximum Gasteiger partial charge on any atom is 0.120 e. The van der Waals surface area contributed by atoms with Crippen LogP contribution in [0, 0.1) is 6.92 Å². The van der Waals surface area contributed by atoms with Gasteiger partial charge in [-0.15, -0.1) is 0 Å². The van der Waals surface area contributed by atoms with Crippen LogP contribution >= 0.6 is 39.1 Å². The average Bonchev–Trinajstić information content (AvgIpc) is 2.39. The average molecular weight is 361 g/mol. The number of hydrogen-bond donors (Lipinski definition) is 2. The number of nitrogens with one attached hydrogen (secondary N) is 1. The number of rotatable bonds is 3. The molecular formula is C14H12BrCl2NO. The van der Waals surface area contributed by atoms with Gasteiger partial charge in [-0.25, -0.2) is 0 Å². The minimum absolute atomic E-state index is 0.262. The molecule has 2 rings (SSSR count). The van der Waals surface area contributed by atoms with Crippen LogP contribution in [0.25, 0.3) is 0 Å². The van der Waals surface area contributed by atoms with E-state index >= 15 is 0 Å². The zero-order valence-corrected chi connectivity index (χ0v) is 13.3. The first-order valence-electron chi connectivity index (χ1n) is 5.65. The van der Waals surface area contributed by atoms with Gasteiger partial charge in [0.2, 0.25) is 0 Å². The van der Waals surface area contributed by atoms with Crippen LogP contribution < -0.4 is 5.32 Å². The monoisotopic (exact) mass is 359 g/mol. The summed E-state index contributed by atoms with van der Waals surface area (Å²) in [5.74, 6) is 0.262. The summed E-state index contributed by atoms with van der Waals surface area (Å²) in [6, 6.07) is 9.14. The van der Waals surface area contributed by atoms with Crippen LogP contribution in [0.1, 0.15) is 11.1 Å². The van der Waals surface area contributed by atoms with Gasteiger partial charge in [-0.1, -0.05) is 40.9 Å². The van der Waals surface area contributed by atoms with Crippen molar-refractivity contribution in [1.29, 1.82) is 0 Å². The van der Waals surface area contributed by atoms with Gasteiger partial charge >= 0.3 is 0 Å². The van der Waals surface area contributed by atoms with Crippen molar-refractivity contribution in [2.45, 2.75) is 13.5 Å². The van der Waals surface area contributed by atoms with E-state index in [4.69, 9.17) is 23.2 Å². The van der Waals surface area contributed by atoms with Crippen LogP contribution in [0.15, 0.2) is 34.8 Å². The lowest BCUT2D eigenvalue weighted by molar-refractivity contribution is 0.469. The minimum Gasteiger partial charge on any atom is -0.508 e. The molecule has 0 radical (unpaired) electrons. The molecule has 0 aromatic heterocycles. The third kappa shape index (κ3) is 3.35. The van der Waals surface area contributed by atoms with Crippen molar-refractivity contribution in [3.05, 3.63) is 56.0 Å². The summed E-state index contributed by atoms with van der Waals surface area (Å²) in [6.07, 6.45) is 0. The Labute approximate surface area is 130 Å². The second-order valence-corrected chi connectivity index (χ2v) is 5.82. The van der Waals surface area contributed by atoms with E-state index in [0.29, 0.717) is 16.6 Å². The predicted molar refractivity (Wildman–Crippen MR) is 84.3 cm³/mol. The largest absolute Gasteiger partial charge is 0.508 e. The first-order chi connectivity index (χ1) is 8.99. The zero-order chi connectivity index (χ0) is 14.0. The van der Waals surface area contributed by atoms with E-state index in [2.05, 4.69) is 21.2 Å². The van der Waals surface area contributed by atoms with Gasteiger partial charge in [0.25, 0.3) is 0 Å². The Morgan fingerprint density at radius 3 is 2.63 bits per heavy atom. The van der Waals surface area contributed by atoms with Crippen molar-refractivity contribution in [3.8, 4) is 5.75 Å². The number of phenolic OH excluding ortho intramolecular Hbond substituents is 1. The van der Waals surface area contributed by atoms with E-state index in [1.165, 1.54) is 0 Å². The van der Waals surface area contributed by atoms with Crippen LogP contribution in [-0.4, -0.2) is 5.11 Å². The maximum absolute atomic E-state index is 9.77. The van der Waals surface area contributed by atoms with E-state index in [1.807, 2.05) is 31.2 Å². The SMILES string of the molecule is Cc1ccc(O)c(CNc2ccc(Br)c(Cl)c2Cl)c1. The Hall–Kier alpha value is -0.900. The second kappa shape index (κ2) is 6.04. The number of halogens is 3. The van der Waals surface area contributed by atoms with Crippen molar-refractivity contribution >= 4 is 44.8 Å². The Bertz CT molecular complexity index is 617. The fourth-order valence-corrected chi connectivity index (χ4v) is 2.55. The van der Waals surface area contributed by atoms with E-state index in [9.17, 15) is 5.11 Å². The van der Waals surface area contributed by atoms with Gasteiger partial charge in [0.15, 0.2) is 0 Å². The molecule has 0 saturated carbocycles. The van der Waals surface area contributed by atoms with Crippen molar-refractivity contribution < 1.29 is 5.11 Å². The molecule has 2 aromatic carbocycles. The van der Waals surface area contributed by atoms with Crippen molar-refractivity contribution in [3.63, 3.8) is 0 Å². The first-order valence-corrected chi connectivity index (χ1v) is 7.20. The Morgan fingerprint density at radius 2 is 1.89 bits per heavy atom. The first kappa shape index (κ1) is 14.5. The highest BCUT2D eigenvalue weighted by Gasteiger charge is 2.09. The van der Waals surface area contributed by atoms with Crippen molar-refractivity contribution in [2.75, 3.05) is 5.32 Å². The van der Waals surface area contributed by atoms with Gasteiger partial charge in [0.1, 0.15) is 5.75 Å². The van der Waals surface area contributed by atoms with Gasteiger partial charge in [0, 0.05) is 16.6 Å². The summed E-state index contributed by atoms with van der Waals surface area (Å²) in [5, 5.41) is 13.9. The molecule has 19 heavy (non-hydrogen) atoms. The maximum atomic E-state index is 9.77. The second-order valence-electron chi connectivity index (χ2n) is 4.21. The smallest absolute Gasteiger partial charge is 0.120 e. The quantitative estimate of drug-likeness (QED) is 0.720. The summed E-state index contributed by atoms with van der Waals surface area (Å²) >= 11 is 15.5. The van der Waals surface area contributed by atoms with E-state index in [-0.39, 0.29) is 5.75 Å². The molecule has 2 N–H and O–H groups in total. The fraction of sp³-hybridized carbons (Fsp3) is 0.143. The summed E-state index contributed by atoms with van der Waals surface area (Å²) in [7, 11) is 0. The Morgan fingerprint density at radius 1 is 1.16 bits per heavy atom. The minimum atomic E-state index is 0.262. The molecule has 0 bridgehead atoms. The standard InChI is InChI=1S/C14H12BrCl2NO/c1-8-2-5-12(19)9(6-8)7-18-11-4-3-10(15)13(16)14(11)17/h2-6,18-19H,7H2,1H3. The van der Waals surface area contributed by atoms with Crippen LogP contribution in [0.3, 0.4) is 0 Å². The lowest BCUT2D eigenvalue weighted by Gasteiger charge is -2.12. The van der Waals surface area contributed by atoms with Crippen molar-refractivity contribution in [2.24, 2.45) is 0 Å². The molecule has 0 unspecified atom stereocenters. The van der Waals surface area contributed by atoms with Gasteiger partial charge in [-0.2, -0.15) is 0 Å². The van der Waals surface area contributed by atoms with Crippen LogP contribution in [-0.2, 0) is 6.54 Å². The van der Waals surface area contributed by atoms with Gasteiger partial charge in [0.05, 0.1) is 15.7 Å². The van der Waals surface area contributed by atoms with Gasteiger partial charge in [-0.3, -0.25) is 0 Å². The molecule has 0 saturated heterocycles. The summed E-state index contributed by atoms with van der Waals surface area (Å²) in [5.41, 5.74) is 2.64. The highest BCUT2D eigenvalue weighted by Crippen LogP contribution is 2.36. The molecule has 0 aliphatic rings. The summed E-state index contributed by atoms with van der Waals surface area (Å²) in [4.78, 5) is 0. The summed E-state index contributed by atoms with van der Waals surface area (Å²) in [6.45, 7) is 2.46. The molecule has 0 fully saturated rings. The Balaban J connectivity index is 2.19. The van der Waals surface area contributed by atoms with Crippen LogP contribution in [0.5, 0.6) is 5.75 Å². The van der Waals surface area contributed by atoms with Gasteiger partial charge in [-0.05, 0) is 41.1 Å². The molecule has 2 aromatic rings. The highest BCUT2D eigenvalue weighted by atomic mass is 79.9. The van der Waals surface area contributed by atoms with Crippen LogP contribution in [0.4, 0.5) is 5.69 Å². The molecule has 5 heteroatoms.